The molecule has 28 heavy (non-hydrogen) atoms. The van der Waals surface area contributed by atoms with Crippen LogP contribution in [0.25, 0.3) is 0 Å². The monoisotopic (exact) mass is 425 g/mol. The van der Waals surface area contributed by atoms with Gasteiger partial charge in [-0.25, -0.2) is 14.6 Å². The van der Waals surface area contributed by atoms with Crippen LogP contribution in [0, 0.1) is 5.92 Å². The number of alkyl halides is 3. The Hall–Kier alpha value is -2.04. The molecule has 1 amide bonds. The molecule has 7 nitrogen and oxygen atoms in total. The zero-order valence-corrected chi connectivity index (χ0v) is 17.5. The number of alkyl carbamates (subject to hydrolysis) is 1. The molecule has 0 fully saturated rings. The summed E-state index contributed by atoms with van der Waals surface area (Å²) in [4.78, 5) is 26.6. The number of esters is 1. The SMILES string of the molecule is CCOC(=O)c1sc(N[C@@H](CNC(=O)OC(C)(C)C)C(C)C)nc1C(F)(F)F. The zero-order chi connectivity index (χ0) is 21.7. The molecule has 0 unspecified atom stereocenters. The maximum absolute atomic E-state index is 13.2. The Morgan fingerprint density at radius 2 is 1.82 bits per heavy atom. The van der Waals surface area contributed by atoms with E-state index in [1.165, 1.54) is 6.92 Å². The Bertz CT molecular complexity index is 684. The van der Waals surface area contributed by atoms with Crippen molar-refractivity contribution in [2.75, 3.05) is 18.5 Å². The van der Waals surface area contributed by atoms with Gasteiger partial charge in [0.05, 0.1) is 6.61 Å². The topological polar surface area (TPSA) is 89.6 Å². The van der Waals surface area contributed by atoms with E-state index in [1.807, 2.05) is 13.8 Å². The van der Waals surface area contributed by atoms with Crippen molar-refractivity contribution in [2.45, 2.75) is 59.4 Å². The minimum Gasteiger partial charge on any atom is -0.462 e. The van der Waals surface area contributed by atoms with Gasteiger partial charge in [-0.15, -0.1) is 0 Å². The molecule has 1 rings (SSSR count). The predicted octanol–water partition coefficient (Wildman–Crippen LogP) is 4.30. The number of hydrogen-bond donors (Lipinski definition) is 2. The lowest BCUT2D eigenvalue weighted by atomic mass is 10.1. The fourth-order valence-electron chi connectivity index (χ4n) is 2.03. The smallest absolute Gasteiger partial charge is 0.435 e. The van der Waals surface area contributed by atoms with E-state index >= 15 is 0 Å². The highest BCUT2D eigenvalue weighted by Gasteiger charge is 2.40. The van der Waals surface area contributed by atoms with E-state index in [4.69, 9.17) is 4.74 Å². The molecule has 0 saturated heterocycles. The van der Waals surface area contributed by atoms with E-state index in [9.17, 15) is 22.8 Å². The summed E-state index contributed by atoms with van der Waals surface area (Å²) in [5.74, 6) is -1.13. The molecule has 0 radical (unpaired) electrons. The number of halogens is 3. The zero-order valence-electron chi connectivity index (χ0n) is 16.7. The van der Waals surface area contributed by atoms with E-state index in [0.29, 0.717) is 11.3 Å². The van der Waals surface area contributed by atoms with E-state index in [0.717, 1.165) is 0 Å². The second kappa shape index (κ2) is 9.44. The fraction of sp³-hybridized carbons (Fsp3) is 0.706. The first kappa shape index (κ1) is 24.0. The summed E-state index contributed by atoms with van der Waals surface area (Å²) in [6, 6.07) is -0.435. The minimum atomic E-state index is -4.79. The van der Waals surface area contributed by atoms with Crippen LogP contribution in [0.3, 0.4) is 0 Å². The maximum atomic E-state index is 13.2. The van der Waals surface area contributed by atoms with Crippen LogP contribution in [0.5, 0.6) is 0 Å². The van der Waals surface area contributed by atoms with Gasteiger partial charge in [0, 0.05) is 12.6 Å². The van der Waals surface area contributed by atoms with Crippen molar-refractivity contribution in [3.05, 3.63) is 10.6 Å². The molecule has 0 aromatic carbocycles. The quantitative estimate of drug-likeness (QED) is 0.633. The number of ether oxygens (including phenoxy) is 2. The van der Waals surface area contributed by atoms with Crippen LogP contribution in [-0.2, 0) is 15.7 Å². The molecule has 0 aliphatic carbocycles. The third kappa shape index (κ3) is 7.53. The summed E-state index contributed by atoms with van der Waals surface area (Å²) in [5, 5.41) is 5.35. The number of hydrogen-bond acceptors (Lipinski definition) is 7. The van der Waals surface area contributed by atoms with Crippen LogP contribution >= 0.6 is 11.3 Å². The lowest BCUT2D eigenvalue weighted by molar-refractivity contribution is -0.141. The molecule has 1 heterocycles. The number of carbonyl (C=O) groups is 2. The summed E-state index contributed by atoms with van der Waals surface area (Å²) in [6.45, 7) is 10.4. The Balaban J connectivity index is 2.95. The van der Waals surface area contributed by atoms with Gasteiger partial charge < -0.3 is 20.1 Å². The largest absolute Gasteiger partial charge is 0.462 e. The number of anilines is 1. The first-order chi connectivity index (χ1) is 12.7. The number of rotatable bonds is 7. The first-order valence-electron chi connectivity index (χ1n) is 8.73. The normalized spacial score (nSPS) is 13.2. The summed E-state index contributed by atoms with van der Waals surface area (Å²) in [6.07, 6.45) is -5.43. The molecule has 11 heteroatoms. The number of aromatic nitrogens is 1. The number of thiazole rings is 1. The molecule has 2 N–H and O–H groups in total. The second-order valence-electron chi connectivity index (χ2n) is 7.29. The van der Waals surface area contributed by atoms with E-state index in [1.54, 1.807) is 20.8 Å². The van der Waals surface area contributed by atoms with Gasteiger partial charge in [-0.05, 0) is 33.6 Å². The third-order valence-corrected chi connectivity index (χ3v) is 4.30. The number of amides is 1. The molecular formula is C17H26F3N3O4S. The average molecular weight is 425 g/mol. The number of carbonyl (C=O) groups excluding carboxylic acids is 2. The van der Waals surface area contributed by atoms with Gasteiger partial charge in [-0.1, -0.05) is 25.2 Å². The Labute approximate surface area is 166 Å². The van der Waals surface area contributed by atoms with Gasteiger partial charge >= 0.3 is 18.2 Å². The number of nitrogens with one attached hydrogen (secondary N) is 2. The van der Waals surface area contributed by atoms with Gasteiger partial charge in [-0.2, -0.15) is 13.2 Å². The molecule has 0 aliphatic heterocycles. The predicted molar refractivity (Wildman–Crippen MR) is 99.6 cm³/mol. The van der Waals surface area contributed by atoms with Crippen LogP contribution in [-0.4, -0.2) is 41.8 Å². The van der Waals surface area contributed by atoms with Gasteiger partial charge in [0.15, 0.2) is 10.8 Å². The highest BCUT2D eigenvalue weighted by molar-refractivity contribution is 7.17. The van der Waals surface area contributed by atoms with Crippen molar-refractivity contribution in [3.63, 3.8) is 0 Å². The van der Waals surface area contributed by atoms with Crippen molar-refractivity contribution >= 4 is 28.5 Å². The lowest BCUT2D eigenvalue weighted by Crippen LogP contribution is -2.41. The molecule has 1 atom stereocenters. The van der Waals surface area contributed by atoms with Gasteiger partial charge in [0.25, 0.3) is 0 Å². The van der Waals surface area contributed by atoms with Crippen LogP contribution in [0.2, 0.25) is 0 Å². The summed E-state index contributed by atoms with van der Waals surface area (Å²) >= 11 is 0.564. The van der Waals surface area contributed by atoms with Gasteiger partial charge in [0.2, 0.25) is 0 Å². The van der Waals surface area contributed by atoms with Crippen LogP contribution < -0.4 is 10.6 Å². The van der Waals surface area contributed by atoms with Gasteiger partial charge in [-0.3, -0.25) is 0 Å². The van der Waals surface area contributed by atoms with E-state index in [-0.39, 0.29) is 24.2 Å². The molecule has 0 spiro atoms. The number of nitrogens with zero attached hydrogens (tertiary/aromatic N) is 1. The van der Waals surface area contributed by atoms with Gasteiger partial charge in [0.1, 0.15) is 10.5 Å². The molecule has 160 valence electrons. The second-order valence-corrected chi connectivity index (χ2v) is 8.29. The first-order valence-corrected chi connectivity index (χ1v) is 9.54. The van der Waals surface area contributed by atoms with Crippen molar-refractivity contribution in [2.24, 2.45) is 5.92 Å². The van der Waals surface area contributed by atoms with Crippen molar-refractivity contribution in [3.8, 4) is 0 Å². The van der Waals surface area contributed by atoms with E-state index < -0.39 is 40.5 Å². The summed E-state index contributed by atoms with van der Waals surface area (Å²) < 4.78 is 49.4. The van der Waals surface area contributed by atoms with Crippen LogP contribution in [0.4, 0.5) is 23.1 Å². The summed E-state index contributed by atoms with van der Waals surface area (Å²) in [7, 11) is 0. The Morgan fingerprint density at radius 1 is 1.21 bits per heavy atom. The standard InChI is InChI=1S/C17H26F3N3O4S/c1-7-26-13(24)11-12(17(18,19)20)23-14(28-11)22-10(9(2)3)8-21-15(25)27-16(4,5)6/h9-10H,7-8H2,1-6H3,(H,21,25)(H,22,23)/t10-/m0/s1. The molecule has 0 saturated carbocycles. The van der Waals surface area contributed by atoms with Crippen molar-refractivity contribution in [1.29, 1.82) is 0 Å². The molecule has 0 bridgehead atoms. The van der Waals surface area contributed by atoms with Crippen LogP contribution in [0.15, 0.2) is 0 Å². The highest BCUT2D eigenvalue weighted by Crippen LogP contribution is 2.37. The van der Waals surface area contributed by atoms with Crippen molar-refractivity contribution < 1.29 is 32.2 Å². The molecule has 0 aliphatic rings. The third-order valence-electron chi connectivity index (χ3n) is 3.34. The van der Waals surface area contributed by atoms with Crippen molar-refractivity contribution in [1.82, 2.24) is 10.3 Å². The molecular weight excluding hydrogens is 399 g/mol. The Morgan fingerprint density at radius 3 is 2.29 bits per heavy atom. The van der Waals surface area contributed by atoms with E-state index in [2.05, 4.69) is 20.4 Å². The Kier molecular flexibility index (Phi) is 8.09. The lowest BCUT2D eigenvalue weighted by Gasteiger charge is -2.24. The fourth-order valence-corrected chi connectivity index (χ4v) is 2.97. The maximum Gasteiger partial charge on any atom is 0.435 e. The summed E-state index contributed by atoms with van der Waals surface area (Å²) in [5.41, 5.74) is -1.96. The molecule has 1 aromatic rings. The minimum absolute atomic E-state index is 0.0504. The average Bonchev–Trinajstić information content (AvgIpc) is 2.94. The van der Waals surface area contributed by atoms with Crippen LogP contribution in [0.1, 0.15) is 56.9 Å². The molecule has 1 aromatic heterocycles. The highest BCUT2D eigenvalue weighted by atomic mass is 32.1.